The molecule has 0 radical (unpaired) electrons. The van der Waals surface area contributed by atoms with Gasteiger partial charge in [-0.05, 0) is 41.8 Å². The first-order chi connectivity index (χ1) is 7.20. The predicted octanol–water partition coefficient (Wildman–Crippen LogP) is 1.80. The van der Waals surface area contributed by atoms with Crippen molar-refractivity contribution < 1.29 is 9.53 Å². The van der Waals surface area contributed by atoms with Gasteiger partial charge < -0.3 is 14.5 Å². The van der Waals surface area contributed by atoms with E-state index in [-0.39, 0.29) is 6.09 Å². The zero-order valence-corrected chi connectivity index (χ0v) is 11.3. The van der Waals surface area contributed by atoms with Crippen LogP contribution in [-0.2, 0) is 4.74 Å². The van der Waals surface area contributed by atoms with Gasteiger partial charge in [0.2, 0.25) is 0 Å². The van der Waals surface area contributed by atoms with E-state index in [1.165, 1.54) is 0 Å². The minimum Gasteiger partial charge on any atom is -0.444 e. The molecule has 0 unspecified atom stereocenters. The van der Waals surface area contributed by atoms with Gasteiger partial charge in [-0.3, -0.25) is 0 Å². The van der Waals surface area contributed by atoms with Crippen LogP contribution in [0.2, 0.25) is 0 Å². The summed E-state index contributed by atoms with van der Waals surface area (Å²) < 4.78 is 5.30. The highest BCUT2D eigenvalue weighted by Gasteiger charge is 2.37. The Labute approximate surface area is 98.5 Å². The van der Waals surface area contributed by atoms with Crippen LogP contribution in [0.3, 0.4) is 0 Å². The Morgan fingerprint density at radius 2 is 1.88 bits per heavy atom. The Kier molecular flexibility index (Phi) is 3.84. The molecule has 0 aromatic carbocycles. The van der Waals surface area contributed by atoms with Gasteiger partial charge >= 0.3 is 6.09 Å². The molecular weight excluding hydrogens is 204 g/mol. The summed E-state index contributed by atoms with van der Waals surface area (Å²) in [4.78, 5) is 15.6. The molecule has 1 aliphatic heterocycles. The fraction of sp³-hybridized carbons (Fsp3) is 0.917. The van der Waals surface area contributed by atoms with Crippen molar-refractivity contribution in [2.75, 3.05) is 27.2 Å². The third-order valence-corrected chi connectivity index (χ3v) is 3.06. The van der Waals surface area contributed by atoms with Crippen LogP contribution < -0.4 is 0 Å². The number of likely N-dealkylation sites (tertiary alicyclic amines) is 1. The maximum absolute atomic E-state index is 11.7. The highest BCUT2D eigenvalue weighted by Crippen LogP contribution is 2.23. The van der Waals surface area contributed by atoms with Crippen molar-refractivity contribution in [1.29, 1.82) is 0 Å². The summed E-state index contributed by atoms with van der Waals surface area (Å²) in [5, 5.41) is 0. The van der Waals surface area contributed by atoms with Gasteiger partial charge in [-0.1, -0.05) is 0 Å². The molecule has 0 saturated carbocycles. The molecular formula is C12H24N2O2. The molecule has 1 saturated heterocycles. The fourth-order valence-corrected chi connectivity index (χ4v) is 1.71. The van der Waals surface area contributed by atoms with Crippen LogP contribution in [0.15, 0.2) is 0 Å². The molecule has 1 atom stereocenters. The zero-order chi connectivity index (χ0) is 12.5. The van der Waals surface area contributed by atoms with Crippen molar-refractivity contribution in [3.05, 3.63) is 0 Å². The second kappa shape index (κ2) is 4.62. The van der Waals surface area contributed by atoms with Gasteiger partial charge in [0.05, 0.1) is 0 Å². The Morgan fingerprint density at radius 1 is 1.38 bits per heavy atom. The number of ether oxygens (including phenoxy) is 1. The number of amides is 1. The first-order valence-electron chi connectivity index (χ1n) is 5.85. The first kappa shape index (κ1) is 13.3. The quantitative estimate of drug-likeness (QED) is 0.722. The average molecular weight is 228 g/mol. The first-order valence-corrected chi connectivity index (χ1v) is 5.85. The van der Waals surface area contributed by atoms with Gasteiger partial charge in [-0.15, -0.1) is 0 Å². The molecule has 1 fully saturated rings. The maximum atomic E-state index is 11.7. The van der Waals surface area contributed by atoms with Crippen molar-refractivity contribution >= 4 is 6.09 Å². The molecule has 0 N–H and O–H groups in total. The lowest BCUT2D eigenvalue weighted by Crippen LogP contribution is -2.57. The number of hydrogen-bond donors (Lipinski definition) is 0. The predicted molar refractivity (Wildman–Crippen MR) is 64.4 cm³/mol. The monoisotopic (exact) mass is 228 g/mol. The van der Waals surface area contributed by atoms with E-state index in [0.717, 1.165) is 13.1 Å². The molecule has 0 aromatic rings. The summed E-state index contributed by atoms with van der Waals surface area (Å²) in [7, 11) is 4.14. The van der Waals surface area contributed by atoms with Crippen LogP contribution in [-0.4, -0.2) is 54.7 Å². The van der Waals surface area contributed by atoms with Crippen LogP contribution in [0.5, 0.6) is 0 Å². The smallest absolute Gasteiger partial charge is 0.410 e. The standard InChI is InChI=1S/C12H24N2O2/c1-9(13(5)6)10-7-14(8-10)11(15)16-12(2,3)4/h9-10H,7-8H2,1-6H3/t9-/m1/s1. The topological polar surface area (TPSA) is 32.8 Å². The van der Waals surface area contributed by atoms with Gasteiger partial charge in [0.1, 0.15) is 5.60 Å². The maximum Gasteiger partial charge on any atom is 0.410 e. The van der Waals surface area contributed by atoms with Crippen molar-refractivity contribution in [3.8, 4) is 0 Å². The highest BCUT2D eigenvalue weighted by atomic mass is 16.6. The van der Waals surface area contributed by atoms with Crippen LogP contribution in [0.1, 0.15) is 27.7 Å². The SMILES string of the molecule is C[C@H](C1CN(C(=O)OC(C)(C)C)C1)N(C)C. The lowest BCUT2D eigenvalue weighted by atomic mass is 9.92. The van der Waals surface area contributed by atoms with Crippen LogP contribution in [0.4, 0.5) is 4.79 Å². The van der Waals surface area contributed by atoms with Gasteiger partial charge in [0, 0.05) is 25.0 Å². The summed E-state index contributed by atoms with van der Waals surface area (Å²) in [6.07, 6.45) is -0.185. The number of hydrogen-bond acceptors (Lipinski definition) is 3. The van der Waals surface area contributed by atoms with E-state index in [4.69, 9.17) is 4.74 Å². The van der Waals surface area contributed by atoms with Gasteiger partial charge in [-0.25, -0.2) is 4.79 Å². The summed E-state index contributed by atoms with van der Waals surface area (Å²) in [6, 6.07) is 0.513. The Bertz CT molecular complexity index is 252. The summed E-state index contributed by atoms with van der Waals surface area (Å²) >= 11 is 0. The van der Waals surface area contributed by atoms with Crippen LogP contribution >= 0.6 is 0 Å². The third kappa shape index (κ3) is 3.37. The van der Waals surface area contributed by atoms with Crippen LogP contribution in [0.25, 0.3) is 0 Å². The van der Waals surface area contributed by atoms with Gasteiger partial charge in [0.15, 0.2) is 0 Å². The minimum atomic E-state index is -0.394. The fourth-order valence-electron chi connectivity index (χ4n) is 1.71. The number of rotatable bonds is 2. The second-order valence-corrected chi connectivity index (χ2v) is 5.85. The van der Waals surface area contributed by atoms with Gasteiger partial charge in [-0.2, -0.15) is 0 Å². The molecule has 0 aliphatic carbocycles. The van der Waals surface area contributed by atoms with Crippen molar-refractivity contribution in [2.45, 2.75) is 39.3 Å². The van der Waals surface area contributed by atoms with E-state index < -0.39 is 5.60 Å². The average Bonchev–Trinajstić information content (AvgIpc) is 1.96. The van der Waals surface area contributed by atoms with Crippen molar-refractivity contribution in [1.82, 2.24) is 9.80 Å². The van der Waals surface area contributed by atoms with Gasteiger partial charge in [0.25, 0.3) is 0 Å². The second-order valence-electron chi connectivity index (χ2n) is 5.85. The molecule has 0 aromatic heterocycles. The third-order valence-electron chi connectivity index (χ3n) is 3.06. The van der Waals surface area contributed by atoms with E-state index in [1.54, 1.807) is 4.90 Å². The Morgan fingerprint density at radius 3 is 2.25 bits per heavy atom. The van der Waals surface area contributed by atoms with E-state index in [0.29, 0.717) is 12.0 Å². The number of nitrogens with zero attached hydrogens (tertiary/aromatic N) is 2. The van der Waals surface area contributed by atoms with E-state index >= 15 is 0 Å². The molecule has 1 heterocycles. The Hall–Kier alpha value is -0.770. The lowest BCUT2D eigenvalue weighted by Gasteiger charge is -2.44. The molecule has 1 aliphatic rings. The number of carbonyl (C=O) groups is 1. The normalized spacial score (nSPS) is 19.6. The molecule has 0 bridgehead atoms. The molecule has 16 heavy (non-hydrogen) atoms. The highest BCUT2D eigenvalue weighted by molar-refractivity contribution is 5.69. The summed E-state index contributed by atoms with van der Waals surface area (Å²) in [5.74, 6) is 0.572. The summed E-state index contributed by atoms with van der Waals surface area (Å²) in [6.45, 7) is 9.50. The minimum absolute atomic E-state index is 0.185. The van der Waals surface area contributed by atoms with Crippen molar-refractivity contribution in [2.24, 2.45) is 5.92 Å². The van der Waals surface area contributed by atoms with E-state index in [2.05, 4.69) is 25.9 Å². The molecule has 4 heteroatoms. The Balaban J connectivity index is 2.33. The summed E-state index contributed by atoms with van der Waals surface area (Å²) in [5.41, 5.74) is -0.394. The molecule has 1 amide bonds. The lowest BCUT2D eigenvalue weighted by molar-refractivity contribution is -0.0128. The molecule has 94 valence electrons. The van der Waals surface area contributed by atoms with Crippen LogP contribution in [0, 0.1) is 5.92 Å². The van der Waals surface area contributed by atoms with E-state index in [1.807, 2.05) is 20.8 Å². The molecule has 1 rings (SSSR count). The largest absolute Gasteiger partial charge is 0.444 e. The van der Waals surface area contributed by atoms with Crippen molar-refractivity contribution in [3.63, 3.8) is 0 Å². The number of carbonyl (C=O) groups excluding carboxylic acids is 1. The van der Waals surface area contributed by atoms with E-state index in [9.17, 15) is 4.79 Å². The molecule has 4 nitrogen and oxygen atoms in total. The molecule has 0 spiro atoms. The zero-order valence-electron chi connectivity index (χ0n) is 11.3.